The topological polar surface area (TPSA) is 44.1 Å². The highest BCUT2D eigenvalue weighted by Crippen LogP contribution is 2.22. The lowest BCUT2D eigenvalue weighted by molar-refractivity contribution is 0.0753. The lowest BCUT2D eigenvalue weighted by atomic mass is 10.1. The van der Waals surface area contributed by atoms with Crippen molar-refractivity contribution in [2.45, 2.75) is 13.8 Å². The number of hydrogen-bond acceptors (Lipinski definition) is 2. The molecule has 0 aliphatic heterocycles. The van der Waals surface area contributed by atoms with Crippen LogP contribution in [0.3, 0.4) is 0 Å². The third-order valence-corrected chi connectivity index (χ3v) is 3.37. The minimum absolute atomic E-state index is 0.147. The van der Waals surface area contributed by atoms with Gasteiger partial charge in [0.15, 0.2) is 0 Å². The summed E-state index contributed by atoms with van der Waals surface area (Å²) in [6.07, 6.45) is 0. The molecule has 0 bridgehead atoms. The standard InChI is InChI=1S/C13H14BrClN2O/c1-3-17(8-9(2)7-16)13(18)11-6-10(14)4-5-12(11)15/h4-6,9H,3,8H2,1-2H3. The molecule has 0 saturated heterocycles. The van der Waals surface area contributed by atoms with Crippen LogP contribution in [-0.4, -0.2) is 23.9 Å². The summed E-state index contributed by atoms with van der Waals surface area (Å²) in [5.41, 5.74) is 0.457. The summed E-state index contributed by atoms with van der Waals surface area (Å²) >= 11 is 9.35. The van der Waals surface area contributed by atoms with Crippen LogP contribution < -0.4 is 0 Å². The van der Waals surface area contributed by atoms with Crippen molar-refractivity contribution in [1.82, 2.24) is 4.90 Å². The molecule has 1 unspecified atom stereocenters. The van der Waals surface area contributed by atoms with E-state index in [1.165, 1.54) is 0 Å². The predicted molar refractivity (Wildman–Crippen MR) is 75.5 cm³/mol. The monoisotopic (exact) mass is 328 g/mol. The zero-order valence-corrected chi connectivity index (χ0v) is 12.6. The Labute approximate surface area is 120 Å². The first-order valence-electron chi connectivity index (χ1n) is 5.63. The predicted octanol–water partition coefficient (Wildman–Crippen LogP) is 3.72. The van der Waals surface area contributed by atoms with E-state index < -0.39 is 0 Å². The minimum atomic E-state index is -0.195. The van der Waals surface area contributed by atoms with Crippen LogP contribution in [-0.2, 0) is 0 Å². The van der Waals surface area contributed by atoms with Gasteiger partial charge >= 0.3 is 0 Å². The normalized spacial score (nSPS) is 11.7. The summed E-state index contributed by atoms with van der Waals surface area (Å²) < 4.78 is 0.805. The number of amides is 1. The van der Waals surface area contributed by atoms with Crippen molar-refractivity contribution >= 4 is 33.4 Å². The minimum Gasteiger partial charge on any atom is -0.338 e. The fourth-order valence-electron chi connectivity index (χ4n) is 1.56. The van der Waals surface area contributed by atoms with Gasteiger partial charge in [-0.3, -0.25) is 4.79 Å². The highest BCUT2D eigenvalue weighted by Gasteiger charge is 2.19. The van der Waals surface area contributed by atoms with Crippen LogP contribution in [0.15, 0.2) is 22.7 Å². The van der Waals surface area contributed by atoms with Crippen LogP contribution >= 0.6 is 27.5 Å². The molecule has 0 N–H and O–H groups in total. The molecule has 0 heterocycles. The highest BCUT2D eigenvalue weighted by atomic mass is 79.9. The van der Waals surface area contributed by atoms with Crippen molar-refractivity contribution in [2.24, 2.45) is 5.92 Å². The van der Waals surface area contributed by atoms with Crippen LogP contribution in [0.5, 0.6) is 0 Å². The summed E-state index contributed by atoms with van der Waals surface area (Å²) in [6.45, 7) is 4.63. The van der Waals surface area contributed by atoms with Gasteiger partial charge in [0.1, 0.15) is 0 Å². The number of nitriles is 1. The molecule has 0 saturated carbocycles. The van der Waals surface area contributed by atoms with Crippen LogP contribution in [0.25, 0.3) is 0 Å². The van der Waals surface area contributed by atoms with Crippen molar-refractivity contribution in [3.05, 3.63) is 33.3 Å². The summed E-state index contributed by atoms with van der Waals surface area (Å²) in [4.78, 5) is 13.9. The Morgan fingerprint density at radius 3 is 2.83 bits per heavy atom. The Morgan fingerprint density at radius 2 is 2.28 bits per heavy atom. The van der Waals surface area contributed by atoms with Gasteiger partial charge in [0.05, 0.1) is 22.6 Å². The molecule has 5 heteroatoms. The first-order chi connectivity index (χ1) is 8.49. The summed E-state index contributed by atoms with van der Waals surface area (Å²) in [5.74, 6) is -0.342. The van der Waals surface area contributed by atoms with Crippen LogP contribution in [0.4, 0.5) is 0 Å². The smallest absolute Gasteiger partial charge is 0.255 e. The number of hydrogen-bond donors (Lipinski definition) is 0. The van der Waals surface area contributed by atoms with Crippen LogP contribution in [0.1, 0.15) is 24.2 Å². The molecule has 1 atom stereocenters. The maximum Gasteiger partial charge on any atom is 0.255 e. The van der Waals surface area contributed by atoms with E-state index in [2.05, 4.69) is 22.0 Å². The third kappa shape index (κ3) is 3.72. The van der Waals surface area contributed by atoms with Gasteiger partial charge in [0.25, 0.3) is 5.91 Å². The Balaban J connectivity index is 2.97. The molecule has 0 aromatic heterocycles. The Hall–Kier alpha value is -1.05. The lowest BCUT2D eigenvalue weighted by Crippen LogP contribution is -2.34. The summed E-state index contributed by atoms with van der Waals surface area (Å²) in [5, 5.41) is 9.23. The van der Waals surface area contributed by atoms with Crippen LogP contribution in [0.2, 0.25) is 5.02 Å². The van der Waals surface area contributed by atoms with E-state index in [0.717, 1.165) is 4.47 Å². The van der Waals surface area contributed by atoms with Gasteiger partial charge in [-0.05, 0) is 32.0 Å². The van der Waals surface area contributed by atoms with Gasteiger partial charge in [-0.2, -0.15) is 5.26 Å². The maximum absolute atomic E-state index is 12.3. The first kappa shape index (κ1) is 15.0. The van der Waals surface area contributed by atoms with Gasteiger partial charge < -0.3 is 4.90 Å². The second kappa shape index (κ2) is 6.77. The summed E-state index contributed by atoms with van der Waals surface area (Å²) in [6, 6.07) is 7.29. The van der Waals surface area contributed by atoms with Gasteiger partial charge in [-0.1, -0.05) is 27.5 Å². The second-order valence-corrected chi connectivity index (χ2v) is 5.32. The van der Waals surface area contributed by atoms with E-state index in [1.807, 2.05) is 6.92 Å². The van der Waals surface area contributed by atoms with Crippen molar-refractivity contribution < 1.29 is 4.79 Å². The van der Waals surface area contributed by atoms with Crippen molar-refractivity contribution in [3.8, 4) is 6.07 Å². The second-order valence-electron chi connectivity index (χ2n) is 4.00. The zero-order chi connectivity index (χ0) is 13.7. The molecule has 18 heavy (non-hydrogen) atoms. The number of carbonyl (C=O) groups excluding carboxylic acids is 1. The zero-order valence-electron chi connectivity index (χ0n) is 10.3. The molecule has 3 nitrogen and oxygen atoms in total. The van der Waals surface area contributed by atoms with Gasteiger partial charge in [0.2, 0.25) is 0 Å². The molecule has 0 aliphatic carbocycles. The summed E-state index contributed by atoms with van der Waals surface area (Å²) in [7, 11) is 0. The molecule has 0 radical (unpaired) electrons. The third-order valence-electron chi connectivity index (χ3n) is 2.54. The molecule has 1 rings (SSSR count). The number of halogens is 2. The van der Waals surface area contributed by atoms with Gasteiger partial charge in [0, 0.05) is 17.6 Å². The largest absolute Gasteiger partial charge is 0.338 e. The molecule has 1 aromatic carbocycles. The molecule has 0 spiro atoms. The van der Waals surface area contributed by atoms with E-state index in [4.69, 9.17) is 16.9 Å². The van der Waals surface area contributed by atoms with Gasteiger partial charge in [-0.15, -0.1) is 0 Å². The fourth-order valence-corrected chi connectivity index (χ4v) is 2.12. The molecular formula is C13H14BrClN2O. The van der Waals surface area contributed by atoms with Crippen molar-refractivity contribution in [3.63, 3.8) is 0 Å². The Kier molecular flexibility index (Phi) is 5.64. The van der Waals surface area contributed by atoms with E-state index in [0.29, 0.717) is 23.7 Å². The Bertz CT molecular complexity index is 484. The van der Waals surface area contributed by atoms with Crippen molar-refractivity contribution in [2.75, 3.05) is 13.1 Å². The molecule has 96 valence electrons. The lowest BCUT2D eigenvalue weighted by Gasteiger charge is -2.22. The number of benzene rings is 1. The maximum atomic E-state index is 12.3. The number of carbonyl (C=O) groups is 1. The molecule has 0 fully saturated rings. The van der Waals surface area contributed by atoms with Gasteiger partial charge in [-0.25, -0.2) is 0 Å². The average Bonchev–Trinajstić information content (AvgIpc) is 2.37. The molecule has 1 aromatic rings. The van der Waals surface area contributed by atoms with E-state index in [1.54, 1.807) is 30.0 Å². The van der Waals surface area contributed by atoms with E-state index in [9.17, 15) is 4.79 Å². The molecular weight excluding hydrogens is 316 g/mol. The first-order valence-corrected chi connectivity index (χ1v) is 6.80. The molecule has 1 amide bonds. The van der Waals surface area contributed by atoms with Crippen LogP contribution in [0, 0.1) is 17.2 Å². The van der Waals surface area contributed by atoms with Crippen molar-refractivity contribution in [1.29, 1.82) is 5.26 Å². The quantitative estimate of drug-likeness (QED) is 0.845. The molecule has 0 aliphatic rings. The number of nitrogens with zero attached hydrogens (tertiary/aromatic N) is 2. The highest BCUT2D eigenvalue weighted by molar-refractivity contribution is 9.10. The van der Waals surface area contributed by atoms with E-state index >= 15 is 0 Å². The fraction of sp³-hybridized carbons (Fsp3) is 0.385. The Morgan fingerprint density at radius 1 is 1.61 bits per heavy atom. The number of rotatable bonds is 4. The average molecular weight is 330 g/mol. The SMILES string of the molecule is CCN(CC(C)C#N)C(=O)c1cc(Br)ccc1Cl. The van der Waals surface area contributed by atoms with E-state index in [-0.39, 0.29) is 11.8 Å².